The number of nitrogens with zero attached hydrogens (tertiary/aromatic N) is 1. The van der Waals surface area contributed by atoms with E-state index in [0.717, 1.165) is 35.0 Å². The fraction of sp³-hybridized carbons (Fsp3) is 0.400. The molecule has 5 nitrogen and oxygen atoms in total. The topological polar surface area (TPSA) is 61.8 Å². The maximum atomic E-state index is 12.7. The van der Waals surface area contributed by atoms with Crippen molar-refractivity contribution < 1.29 is 24.2 Å². The third-order valence-electron chi connectivity index (χ3n) is 5.92. The predicted molar refractivity (Wildman–Crippen MR) is 92.0 cm³/mol. The molecule has 2 heterocycles. The molecular weight excluding hydrogens is 318 g/mol. The zero-order valence-corrected chi connectivity index (χ0v) is 14.8. The average molecular weight is 341 g/mol. The molecule has 0 bridgehead atoms. The molecule has 2 aliphatic rings. The summed E-state index contributed by atoms with van der Waals surface area (Å²) >= 11 is 0. The Morgan fingerprint density at radius 1 is 1.12 bits per heavy atom. The largest absolute Gasteiger partial charge is 0.870 e. The Morgan fingerprint density at radius 3 is 2.60 bits per heavy atom. The monoisotopic (exact) mass is 341 g/mol. The smallest absolute Gasteiger partial charge is 0.160 e. The highest BCUT2D eigenvalue weighted by Crippen LogP contribution is 2.47. The summed E-state index contributed by atoms with van der Waals surface area (Å²) in [5.41, 5.74) is 4.37. The molecule has 0 fully saturated rings. The molecule has 0 saturated carbocycles. The number of benzene rings is 2. The van der Waals surface area contributed by atoms with Crippen LogP contribution in [0.25, 0.3) is 0 Å². The lowest BCUT2D eigenvalue weighted by molar-refractivity contribution is -0.956. The van der Waals surface area contributed by atoms with E-state index in [1.165, 1.54) is 11.1 Å². The SMILES string of the molecule is COc1cc2c(cc1O)C1Cc3ccc(OC)c([O-])c3C[N+]1(C)CC2. The Bertz CT molecular complexity index is 848. The van der Waals surface area contributed by atoms with Gasteiger partial charge in [0.1, 0.15) is 18.3 Å². The number of hydrogen-bond donors (Lipinski definition) is 1. The molecule has 2 aromatic carbocycles. The zero-order chi connectivity index (χ0) is 17.8. The van der Waals surface area contributed by atoms with Crippen molar-refractivity contribution in [1.29, 1.82) is 0 Å². The first-order chi connectivity index (χ1) is 12.0. The van der Waals surface area contributed by atoms with Crippen LogP contribution in [0.2, 0.25) is 0 Å². The molecular formula is C20H23NO4. The van der Waals surface area contributed by atoms with Gasteiger partial charge in [-0.2, -0.15) is 0 Å². The Morgan fingerprint density at radius 2 is 1.88 bits per heavy atom. The van der Waals surface area contributed by atoms with Crippen LogP contribution in [-0.4, -0.2) is 37.4 Å². The van der Waals surface area contributed by atoms with Crippen LogP contribution in [0.1, 0.15) is 28.3 Å². The highest BCUT2D eigenvalue weighted by Gasteiger charge is 2.43. The Hall–Kier alpha value is -2.40. The van der Waals surface area contributed by atoms with E-state index < -0.39 is 0 Å². The molecule has 1 N–H and O–H groups in total. The second-order valence-electron chi connectivity index (χ2n) is 7.29. The van der Waals surface area contributed by atoms with Gasteiger partial charge in [-0.05, 0) is 29.3 Å². The van der Waals surface area contributed by atoms with Crippen LogP contribution < -0.4 is 14.6 Å². The lowest BCUT2D eigenvalue weighted by Crippen LogP contribution is -2.53. The van der Waals surface area contributed by atoms with Crippen molar-refractivity contribution in [2.75, 3.05) is 27.8 Å². The molecule has 4 rings (SSSR count). The van der Waals surface area contributed by atoms with Gasteiger partial charge in [-0.25, -0.2) is 0 Å². The van der Waals surface area contributed by atoms with Gasteiger partial charge in [0.15, 0.2) is 11.5 Å². The van der Waals surface area contributed by atoms with Crippen molar-refractivity contribution >= 4 is 0 Å². The van der Waals surface area contributed by atoms with Crippen molar-refractivity contribution in [2.45, 2.75) is 25.4 Å². The summed E-state index contributed by atoms with van der Waals surface area (Å²) in [5.74, 6) is 1.14. The van der Waals surface area contributed by atoms with Crippen molar-refractivity contribution in [1.82, 2.24) is 0 Å². The summed E-state index contributed by atoms with van der Waals surface area (Å²) in [5, 5.41) is 22.9. The van der Waals surface area contributed by atoms with Crippen LogP contribution in [-0.2, 0) is 19.4 Å². The van der Waals surface area contributed by atoms with Gasteiger partial charge in [0.25, 0.3) is 0 Å². The number of likely N-dealkylation sites (N-methyl/N-ethyl adjacent to an activating group) is 1. The molecule has 0 amide bonds. The van der Waals surface area contributed by atoms with Crippen LogP contribution in [0, 0.1) is 0 Å². The third-order valence-corrected chi connectivity index (χ3v) is 5.92. The van der Waals surface area contributed by atoms with Crippen molar-refractivity contribution in [2.24, 2.45) is 0 Å². The molecule has 132 valence electrons. The van der Waals surface area contributed by atoms with E-state index in [9.17, 15) is 10.2 Å². The quantitative estimate of drug-likeness (QED) is 0.852. The van der Waals surface area contributed by atoms with Crippen LogP contribution >= 0.6 is 0 Å². The summed E-state index contributed by atoms with van der Waals surface area (Å²) in [7, 11) is 5.32. The van der Waals surface area contributed by atoms with Gasteiger partial charge < -0.3 is 24.2 Å². The average Bonchev–Trinajstić information content (AvgIpc) is 2.60. The van der Waals surface area contributed by atoms with Gasteiger partial charge in [-0.3, -0.25) is 0 Å². The summed E-state index contributed by atoms with van der Waals surface area (Å²) < 4.78 is 11.3. The summed E-state index contributed by atoms with van der Waals surface area (Å²) in [4.78, 5) is 0. The number of fused-ring (bicyclic) bond motifs is 4. The van der Waals surface area contributed by atoms with Gasteiger partial charge in [0, 0.05) is 24.0 Å². The number of ether oxygens (including phenoxy) is 2. The number of phenolic OH excluding ortho intramolecular Hbond substituents is 1. The number of aromatic hydroxyl groups is 1. The number of methoxy groups -OCH3 is 2. The second-order valence-corrected chi connectivity index (χ2v) is 7.29. The van der Waals surface area contributed by atoms with Gasteiger partial charge >= 0.3 is 0 Å². The summed E-state index contributed by atoms with van der Waals surface area (Å²) in [6.07, 6.45) is 1.70. The Labute approximate surface area is 147 Å². The fourth-order valence-corrected chi connectivity index (χ4v) is 4.45. The first kappa shape index (κ1) is 16.1. The predicted octanol–water partition coefficient (Wildman–Crippen LogP) is 2.28. The van der Waals surface area contributed by atoms with Crippen LogP contribution in [0.5, 0.6) is 23.0 Å². The van der Waals surface area contributed by atoms with Gasteiger partial charge in [0.05, 0.1) is 27.8 Å². The first-order valence-corrected chi connectivity index (χ1v) is 8.56. The van der Waals surface area contributed by atoms with Gasteiger partial charge in [0.2, 0.25) is 0 Å². The summed E-state index contributed by atoms with van der Waals surface area (Å²) in [6, 6.07) is 7.82. The highest BCUT2D eigenvalue weighted by atomic mass is 16.5. The molecule has 2 aromatic rings. The van der Waals surface area contributed by atoms with E-state index in [1.807, 2.05) is 18.2 Å². The first-order valence-electron chi connectivity index (χ1n) is 8.56. The van der Waals surface area contributed by atoms with E-state index in [1.54, 1.807) is 20.3 Å². The summed E-state index contributed by atoms with van der Waals surface area (Å²) in [6.45, 7) is 1.66. The standard InChI is InChI=1S/C20H23NO4/c1-21-7-6-13-9-19(25-3)17(22)10-14(13)16(21)8-12-4-5-18(24-2)20(23)15(12)11-21/h4-5,9-10,16H,6-8,11H2,1-3H3,(H-,22,23). The minimum atomic E-state index is 0.0150. The van der Waals surface area contributed by atoms with Crippen molar-refractivity contribution in [3.05, 3.63) is 46.5 Å². The van der Waals surface area contributed by atoms with E-state index in [2.05, 4.69) is 7.05 Å². The molecule has 2 unspecified atom stereocenters. The maximum Gasteiger partial charge on any atom is 0.160 e. The van der Waals surface area contributed by atoms with Gasteiger partial charge in [-0.1, -0.05) is 11.8 Å². The molecule has 2 aliphatic heterocycles. The lowest BCUT2D eigenvalue weighted by atomic mass is 9.81. The van der Waals surface area contributed by atoms with Gasteiger partial charge in [-0.15, -0.1) is 0 Å². The van der Waals surface area contributed by atoms with Crippen LogP contribution in [0.15, 0.2) is 24.3 Å². The molecule has 5 heteroatoms. The Kier molecular flexibility index (Phi) is 3.58. The normalized spacial score (nSPS) is 24.0. The molecule has 0 spiro atoms. The highest BCUT2D eigenvalue weighted by molar-refractivity contribution is 5.52. The third kappa shape index (κ3) is 2.34. The lowest BCUT2D eigenvalue weighted by Gasteiger charge is -2.49. The molecule has 0 radical (unpaired) electrons. The maximum absolute atomic E-state index is 12.7. The number of phenols is 1. The minimum Gasteiger partial charge on any atom is -0.870 e. The van der Waals surface area contributed by atoms with Crippen LogP contribution in [0.3, 0.4) is 0 Å². The van der Waals surface area contributed by atoms with E-state index in [-0.39, 0.29) is 17.5 Å². The Balaban J connectivity index is 1.82. The number of rotatable bonds is 2. The van der Waals surface area contributed by atoms with E-state index in [0.29, 0.717) is 18.0 Å². The second kappa shape index (κ2) is 5.56. The molecule has 0 saturated heterocycles. The zero-order valence-electron chi connectivity index (χ0n) is 14.8. The molecule has 2 atom stereocenters. The molecule has 0 aliphatic carbocycles. The van der Waals surface area contributed by atoms with E-state index >= 15 is 0 Å². The number of quaternary nitrogens is 1. The molecule has 0 aromatic heterocycles. The van der Waals surface area contributed by atoms with Crippen LogP contribution in [0.4, 0.5) is 0 Å². The van der Waals surface area contributed by atoms with Crippen molar-refractivity contribution in [3.63, 3.8) is 0 Å². The van der Waals surface area contributed by atoms with Crippen molar-refractivity contribution in [3.8, 4) is 23.0 Å². The fourth-order valence-electron chi connectivity index (χ4n) is 4.45. The number of hydrogen-bond acceptors (Lipinski definition) is 4. The molecule has 25 heavy (non-hydrogen) atoms. The van der Waals surface area contributed by atoms with E-state index in [4.69, 9.17) is 9.47 Å². The minimum absolute atomic E-state index is 0.0150.